The molecule has 2 fully saturated rings. The van der Waals surface area contributed by atoms with Crippen molar-refractivity contribution >= 4 is 17.4 Å². The van der Waals surface area contributed by atoms with Gasteiger partial charge in [0.05, 0.1) is 18.7 Å². The van der Waals surface area contributed by atoms with Crippen LogP contribution < -0.4 is 9.64 Å². The van der Waals surface area contributed by atoms with Crippen LogP contribution in [0.4, 0.5) is 5.82 Å². The number of likely N-dealkylation sites (tertiary alicyclic amines) is 1. The monoisotopic (exact) mass is 391 g/mol. The van der Waals surface area contributed by atoms with Crippen molar-refractivity contribution in [1.29, 1.82) is 0 Å². The maximum absolute atomic E-state index is 12.8. The first-order valence-corrected chi connectivity index (χ1v) is 10.3. The predicted octanol–water partition coefficient (Wildman–Crippen LogP) is 2.55. The molecule has 0 bridgehead atoms. The summed E-state index contributed by atoms with van der Waals surface area (Å²) in [5.41, 5.74) is 1.66. The number of ether oxygens (including phenoxy) is 1. The molecule has 0 N–H and O–H groups in total. The summed E-state index contributed by atoms with van der Waals surface area (Å²) in [7, 11) is 0. The molecule has 2 aliphatic rings. The van der Waals surface area contributed by atoms with Crippen molar-refractivity contribution in [2.24, 2.45) is 0 Å². The second-order valence-electron chi connectivity index (χ2n) is 7.76. The fraction of sp³-hybridized carbons (Fsp3) is 0.409. The van der Waals surface area contributed by atoms with Gasteiger partial charge >= 0.3 is 0 Å². The van der Waals surface area contributed by atoms with Crippen LogP contribution in [0.3, 0.4) is 0 Å². The zero-order chi connectivity index (χ0) is 19.6. The van der Waals surface area contributed by atoms with Crippen molar-refractivity contribution < 1.29 is 9.53 Å². The molecular weight excluding hydrogens is 366 g/mol. The summed E-state index contributed by atoms with van der Waals surface area (Å²) in [4.78, 5) is 26.0. The largest absolute Gasteiger partial charge is 0.485 e. The van der Waals surface area contributed by atoms with Gasteiger partial charge in [-0.3, -0.25) is 4.79 Å². The van der Waals surface area contributed by atoms with E-state index in [-0.39, 0.29) is 12.0 Å². The Kier molecular flexibility index (Phi) is 4.79. The van der Waals surface area contributed by atoms with E-state index in [1.54, 1.807) is 0 Å². The molecule has 5 heterocycles. The molecule has 150 valence electrons. The highest BCUT2D eigenvalue weighted by Crippen LogP contribution is 2.30. The van der Waals surface area contributed by atoms with Crippen LogP contribution >= 0.6 is 0 Å². The zero-order valence-corrected chi connectivity index (χ0v) is 16.4. The smallest absolute Gasteiger partial charge is 0.228 e. The minimum atomic E-state index is 0.00516. The lowest BCUT2D eigenvalue weighted by Gasteiger charge is -2.22. The lowest BCUT2D eigenvalue weighted by molar-refractivity contribution is -0.129. The van der Waals surface area contributed by atoms with Gasteiger partial charge in [0.25, 0.3) is 0 Å². The van der Waals surface area contributed by atoms with Crippen molar-refractivity contribution in [2.45, 2.75) is 31.8 Å². The Morgan fingerprint density at radius 2 is 2.03 bits per heavy atom. The van der Waals surface area contributed by atoms with E-state index in [0.717, 1.165) is 49.0 Å². The van der Waals surface area contributed by atoms with Crippen LogP contribution in [0.2, 0.25) is 0 Å². The van der Waals surface area contributed by atoms with Crippen LogP contribution in [0.15, 0.2) is 48.9 Å². The average Bonchev–Trinajstić information content (AvgIpc) is 3.49. The molecule has 3 aromatic rings. The van der Waals surface area contributed by atoms with Crippen molar-refractivity contribution in [3.05, 3.63) is 54.6 Å². The SMILES string of the molecule is O=C(Cc1cn2ccccc2n1)N1CCC(Oc2cccnc2N2CCCC2)C1. The van der Waals surface area contributed by atoms with Crippen molar-refractivity contribution in [3.8, 4) is 5.75 Å². The molecule has 0 aromatic carbocycles. The van der Waals surface area contributed by atoms with E-state index in [1.807, 2.05) is 58.2 Å². The van der Waals surface area contributed by atoms with Crippen molar-refractivity contribution in [2.75, 3.05) is 31.1 Å². The normalized spacial score (nSPS) is 19.2. The van der Waals surface area contributed by atoms with Gasteiger partial charge in [0.1, 0.15) is 11.8 Å². The van der Waals surface area contributed by atoms with E-state index in [9.17, 15) is 4.79 Å². The van der Waals surface area contributed by atoms with Gasteiger partial charge < -0.3 is 18.9 Å². The van der Waals surface area contributed by atoms with Crippen LogP contribution in [0, 0.1) is 0 Å². The van der Waals surface area contributed by atoms with Crippen LogP contribution in [0.1, 0.15) is 25.0 Å². The Balaban J connectivity index is 1.22. The average molecular weight is 391 g/mol. The molecular formula is C22H25N5O2. The second-order valence-corrected chi connectivity index (χ2v) is 7.76. The third kappa shape index (κ3) is 3.77. The van der Waals surface area contributed by atoms with Gasteiger partial charge in [-0.25, -0.2) is 9.97 Å². The number of carbonyl (C=O) groups is 1. The second kappa shape index (κ2) is 7.73. The molecule has 5 rings (SSSR count). The molecule has 2 aliphatic heterocycles. The Morgan fingerprint density at radius 3 is 2.90 bits per heavy atom. The molecule has 0 saturated carbocycles. The standard InChI is InChI=1S/C22H25N5O2/c28-21(14-17-15-26-12-2-1-7-20(26)24-17)27-13-8-18(16-27)29-19-6-5-9-23-22(19)25-10-3-4-11-25/h1-2,5-7,9,12,15,18H,3-4,8,10-11,13-14,16H2. The van der Waals surface area contributed by atoms with Crippen LogP contribution in [-0.2, 0) is 11.2 Å². The first kappa shape index (κ1) is 18.0. The van der Waals surface area contributed by atoms with Crippen molar-refractivity contribution in [3.63, 3.8) is 0 Å². The Morgan fingerprint density at radius 1 is 1.14 bits per heavy atom. The van der Waals surface area contributed by atoms with Gasteiger partial charge in [-0.1, -0.05) is 6.07 Å². The summed E-state index contributed by atoms with van der Waals surface area (Å²) in [6, 6.07) is 9.75. The van der Waals surface area contributed by atoms with Crippen LogP contribution in [0.5, 0.6) is 5.75 Å². The molecule has 29 heavy (non-hydrogen) atoms. The van der Waals surface area contributed by atoms with Crippen molar-refractivity contribution in [1.82, 2.24) is 19.3 Å². The molecule has 7 nitrogen and oxygen atoms in total. The summed E-state index contributed by atoms with van der Waals surface area (Å²) in [5, 5.41) is 0. The quantitative estimate of drug-likeness (QED) is 0.669. The maximum atomic E-state index is 12.8. The molecule has 2 saturated heterocycles. The third-order valence-corrected chi connectivity index (χ3v) is 5.69. The lowest BCUT2D eigenvalue weighted by Crippen LogP contribution is -2.32. The highest BCUT2D eigenvalue weighted by molar-refractivity contribution is 5.78. The number of imidazole rings is 1. The first-order chi connectivity index (χ1) is 14.3. The van der Waals surface area contributed by atoms with Gasteiger partial charge in [-0.05, 0) is 37.1 Å². The molecule has 0 spiro atoms. The topological polar surface area (TPSA) is 63.0 Å². The van der Waals surface area contributed by atoms with E-state index >= 15 is 0 Å². The number of hydrogen-bond acceptors (Lipinski definition) is 5. The lowest BCUT2D eigenvalue weighted by atomic mass is 10.3. The molecule has 1 amide bonds. The van der Waals surface area contributed by atoms with Gasteiger partial charge in [0, 0.05) is 44.6 Å². The number of anilines is 1. The van der Waals surface area contributed by atoms with E-state index in [0.29, 0.717) is 13.0 Å². The zero-order valence-electron chi connectivity index (χ0n) is 16.4. The van der Waals surface area contributed by atoms with Gasteiger partial charge in [-0.2, -0.15) is 0 Å². The summed E-state index contributed by atoms with van der Waals surface area (Å²) in [5.74, 6) is 1.86. The minimum absolute atomic E-state index is 0.00516. The minimum Gasteiger partial charge on any atom is -0.485 e. The number of nitrogens with zero attached hydrogens (tertiary/aromatic N) is 5. The summed E-state index contributed by atoms with van der Waals surface area (Å²) < 4.78 is 8.22. The molecule has 0 aliphatic carbocycles. The third-order valence-electron chi connectivity index (χ3n) is 5.69. The molecule has 1 atom stereocenters. The number of fused-ring (bicyclic) bond motifs is 1. The van der Waals surface area contributed by atoms with Crippen LogP contribution in [0.25, 0.3) is 5.65 Å². The predicted molar refractivity (Wildman–Crippen MR) is 110 cm³/mol. The number of amides is 1. The van der Waals surface area contributed by atoms with E-state index in [4.69, 9.17) is 4.74 Å². The van der Waals surface area contributed by atoms with Gasteiger partial charge in [0.2, 0.25) is 5.91 Å². The number of aromatic nitrogens is 3. The summed E-state index contributed by atoms with van der Waals surface area (Å²) in [6.45, 7) is 3.39. The summed E-state index contributed by atoms with van der Waals surface area (Å²) >= 11 is 0. The van der Waals surface area contributed by atoms with Gasteiger partial charge in [0.15, 0.2) is 11.6 Å². The first-order valence-electron chi connectivity index (χ1n) is 10.3. The number of hydrogen-bond donors (Lipinski definition) is 0. The van der Waals surface area contributed by atoms with Crippen LogP contribution in [-0.4, -0.2) is 57.5 Å². The number of pyridine rings is 2. The highest BCUT2D eigenvalue weighted by Gasteiger charge is 2.29. The van der Waals surface area contributed by atoms with E-state index in [1.165, 1.54) is 12.8 Å². The Labute approximate surface area is 169 Å². The molecule has 1 unspecified atom stereocenters. The fourth-order valence-corrected chi connectivity index (χ4v) is 4.21. The highest BCUT2D eigenvalue weighted by atomic mass is 16.5. The number of carbonyl (C=O) groups excluding carboxylic acids is 1. The number of rotatable bonds is 5. The van der Waals surface area contributed by atoms with E-state index in [2.05, 4.69) is 14.9 Å². The maximum Gasteiger partial charge on any atom is 0.228 e. The van der Waals surface area contributed by atoms with Gasteiger partial charge in [-0.15, -0.1) is 0 Å². The molecule has 7 heteroatoms. The molecule has 0 radical (unpaired) electrons. The van der Waals surface area contributed by atoms with E-state index < -0.39 is 0 Å². The summed E-state index contributed by atoms with van der Waals surface area (Å²) in [6.07, 6.45) is 9.25. The molecule has 3 aromatic heterocycles. The Bertz CT molecular complexity index is 978. The Hall–Kier alpha value is -3.09. The fourth-order valence-electron chi connectivity index (χ4n) is 4.21.